The summed E-state index contributed by atoms with van der Waals surface area (Å²) >= 11 is 0. The molecule has 29 heavy (non-hydrogen) atoms. The first-order valence-corrected chi connectivity index (χ1v) is 10.9. The number of nitrogens with one attached hydrogen (secondary N) is 1. The van der Waals surface area contributed by atoms with Crippen LogP contribution in [-0.4, -0.2) is 55.6 Å². The van der Waals surface area contributed by atoms with E-state index in [2.05, 4.69) is 5.32 Å². The topological polar surface area (TPSA) is 86.8 Å². The Hall–Kier alpha value is -2.71. The maximum atomic E-state index is 13.0. The predicted octanol–water partition coefficient (Wildman–Crippen LogP) is 2.41. The van der Waals surface area contributed by atoms with E-state index in [9.17, 15) is 18.0 Å². The van der Waals surface area contributed by atoms with Crippen molar-refractivity contribution in [2.45, 2.75) is 25.7 Å². The highest BCUT2D eigenvalue weighted by molar-refractivity contribution is 7.89. The zero-order valence-electron chi connectivity index (χ0n) is 16.8. The third-order valence-corrected chi connectivity index (χ3v) is 6.95. The Morgan fingerprint density at radius 3 is 2.31 bits per heavy atom. The number of amides is 2. The number of piperazine rings is 1. The molecule has 0 aromatic heterocycles. The van der Waals surface area contributed by atoms with E-state index in [1.54, 1.807) is 17.0 Å². The SMILES string of the molecule is CC(=O)N1CCN(S(=O)(=O)c2cccc(C(=O)Nc3cc(C)ccc3C)c2)CC1. The lowest BCUT2D eigenvalue weighted by molar-refractivity contribution is -0.129. The van der Waals surface area contributed by atoms with E-state index in [4.69, 9.17) is 0 Å². The van der Waals surface area contributed by atoms with Crippen LogP contribution in [0.5, 0.6) is 0 Å². The molecule has 1 heterocycles. The molecule has 154 valence electrons. The molecule has 1 N–H and O–H groups in total. The van der Waals surface area contributed by atoms with Crippen LogP contribution < -0.4 is 5.32 Å². The molecular weight excluding hydrogens is 390 g/mol. The van der Waals surface area contributed by atoms with Gasteiger partial charge in [-0.3, -0.25) is 9.59 Å². The summed E-state index contributed by atoms with van der Waals surface area (Å²) in [5, 5.41) is 2.85. The molecule has 3 rings (SSSR count). The molecule has 1 aliphatic heterocycles. The van der Waals surface area contributed by atoms with Crippen LogP contribution in [-0.2, 0) is 14.8 Å². The molecule has 1 saturated heterocycles. The fourth-order valence-electron chi connectivity index (χ4n) is 3.26. The molecule has 2 amide bonds. The van der Waals surface area contributed by atoms with Crippen molar-refractivity contribution in [3.63, 3.8) is 0 Å². The van der Waals surface area contributed by atoms with Crippen LogP contribution in [0.2, 0.25) is 0 Å². The molecule has 0 saturated carbocycles. The van der Waals surface area contributed by atoms with Crippen molar-refractivity contribution >= 4 is 27.5 Å². The Morgan fingerprint density at radius 1 is 0.966 bits per heavy atom. The first-order valence-electron chi connectivity index (χ1n) is 9.43. The maximum absolute atomic E-state index is 13.0. The van der Waals surface area contributed by atoms with Gasteiger partial charge in [0.05, 0.1) is 4.90 Å². The number of nitrogens with zero attached hydrogens (tertiary/aromatic N) is 2. The number of benzene rings is 2. The minimum atomic E-state index is -3.74. The first kappa shape index (κ1) is 21.0. The van der Waals surface area contributed by atoms with Crippen LogP contribution in [0.15, 0.2) is 47.4 Å². The van der Waals surface area contributed by atoms with Gasteiger partial charge in [0, 0.05) is 44.4 Å². The van der Waals surface area contributed by atoms with Crippen LogP contribution in [0.1, 0.15) is 28.4 Å². The van der Waals surface area contributed by atoms with Crippen molar-refractivity contribution in [1.82, 2.24) is 9.21 Å². The molecule has 0 radical (unpaired) electrons. The predicted molar refractivity (Wildman–Crippen MR) is 111 cm³/mol. The largest absolute Gasteiger partial charge is 0.340 e. The van der Waals surface area contributed by atoms with Gasteiger partial charge in [0.25, 0.3) is 5.91 Å². The lowest BCUT2D eigenvalue weighted by Crippen LogP contribution is -2.49. The van der Waals surface area contributed by atoms with Crippen LogP contribution in [0.4, 0.5) is 5.69 Å². The van der Waals surface area contributed by atoms with Crippen LogP contribution >= 0.6 is 0 Å². The van der Waals surface area contributed by atoms with Crippen molar-refractivity contribution < 1.29 is 18.0 Å². The van der Waals surface area contributed by atoms with Gasteiger partial charge in [-0.15, -0.1) is 0 Å². The highest BCUT2D eigenvalue weighted by Gasteiger charge is 2.29. The highest BCUT2D eigenvalue weighted by atomic mass is 32.2. The highest BCUT2D eigenvalue weighted by Crippen LogP contribution is 2.21. The van der Waals surface area contributed by atoms with Gasteiger partial charge in [-0.1, -0.05) is 18.2 Å². The molecule has 2 aromatic rings. The third-order valence-electron chi connectivity index (χ3n) is 5.06. The molecule has 0 unspecified atom stereocenters. The molecule has 7 nitrogen and oxygen atoms in total. The lowest BCUT2D eigenvalue weighted by atomic mass is 10.1. The smallest absolute Gasteiger partial charge is 0.255 e. The van der Waals surface area contributed by atoms with Crippen molar-refractivity contribution in [3.8, 4) is 0 Å². The third kappa shape index (κ3) is 4.65. The molecule has 1 aliphatic rings. The van der Waals surface area contributed by atoms with E-state index < -0.39 is 10.0 Å². The molecule has 2 aromatic carbocycles. The standard InChI is InChI=1S/C21H25N3O4S/c1-15-7-8-16(2)20(13-15)22-21(26)18-5-4-6-19(14-18)29(27,28)24-11-9-23(10-12-24)17(3)25/h4-8,13-14H,9-12H2,1-3H3,(H,22,26). The number of carbonyl (C=O) groups is 2. The summed E-state index contributed by atoms with van der Waals surface area (Å²) in [4.78, 5) is 25.8. The lowest BCUT2D eigenvalue weighted by Gasteiger charge is -2.33. The molecule has 0 aliphatic carbocycles. The van der Waals surface area contributed by atoms with Gasteiger partial charge in [0.2, 0.25) is 15.9 Å². The second-order valence-corrected chi connectivity index (χ2v) is 9.15. The van der Waals surface area contributed by atoms with Crippen LogP contribution in [0, 0.1) is 13.8 Å². The van der Waals surface area contributed by atoms with Gasteiger partial charge in [0.15, 0.2) is 0 Å². The average molecular weight is 416 g/mol. The second kappa shape index (κ2) is 8.34. The summed E-state index contributed by atoms with van der Waals surface area (Å²) in [5.41, 5.74) is 2.92. The number of hydrogen-bond acceptors (Lipinski definition) is 4. The number of sulfonamides is 1. The van der Waals surface area contributed by atoms with E-state index in [1.807, 2.05) is 32.0 Å². The number of hydrogen-bond donors (Lipinski definition) is 1. The Kier molecular flexibility index (Phi) is 6.04. The summed E-state index contributed by atoms with van der Waals surface area (Å²) in [5.74, 6) is -0.427. The summed E-state index contributed by atoms with van der Waals surface area (Å²) < 4.78 is 27.3. The number of anilines is 1. The molecule has 8 heteroatoms. The monoisotopic (exact) mass is 415 g/mol. The van der Waals surface area contributed by atoms with E-state index in [1.165, 1.54) is 23.4 Å². The first-order chi connectivity index (χ1) is 13.7. The zero-order valence-corrected chi connectivity index (χ0v) is 17.6. The minimum absolute atomic E-state index is 0.0628. The Morgan fingerprint density at radius 2 is 1.66 bits per heavy atom. The van der Waals surface area contributed by atoms with Crippen molar-refractivity contribution in [3.05, 3.63) is 59.2 Å². The normalized spacial score (nSPS) is 15.2. The summed E-state index contributed by atoms with van der Waals surface area (Å²) in [6, 6.07) is 11.8. The molecule has 0 atom stereocenters. The quantitative estimate of drug-likeness (QED) is 0.831. The summed E-state index contributed by atoms with van der Waals surface area (Å²) in [6.45, 7) is 6.51. The van der Waals surface area contributed by atoms with E-state index in [0.717, 1.165) is 11.1 Å². The van der Waals surface area contributed by atoms with Crippen LogP contribution in [0.25, 0.3) is 0 Å². The minimum Gasteiger partial charge on any atom is -0.340 e. The second-order valence-electron chi connectivity index (χ2n) is 7.21. The van der Waals surface area contributed by atoms with Crippen molar-refractivity contribution in [1.29, 1.82) is 0 Å². The average Bonchev–Trinajstić information content (AvgIpc) is 2.71. The van der Waals surface area contributed by atoms with Gasteiger partial charge in [-0.25, -0.2) is 8.42 Å². The zero-order chi connectivity index (χ0) is 21.2. The van der Waals surface area contributed by atoms with Crippen molar-refractivity contribution in [2.24, 2.45) is 0 Å². The van der Waals surface area contributed by atoms with Gasteiger partial charge >= 0.3 is 0 Å². The fraction of sp³-hybridized carbons (Fsp3) is 0.333. The Labute approximate surface area is 171 Å². The van der Waals surface area contributed by atoms with Crippen LogP contribution in [0.3, 0.4) is 0 Å². The Balaban J connectivity index is 1.79. The van der Waals surface area contributed by atoms with Gasteiger partial charge < -0.3 is 10.2 Å². The molecular formula is C21H25N3O4S. The fourth-order valence-corrected chi connectivity index (χ4v) is 4.72. The summed E-state index contributed by atoms with van der Waals surface area (Å²) in [6.07, 6.45) is 0. The maximum Gasteiger partial charge on any atom is 0.255 e. The van der Waals surface area contributed by atoms with Crippen molar-refractivity contribution in [2.75, 3.05) is 31.5 Å². The summed E-state index contributed by atoms with van der Waals surface area (Å²) in [7, 11) is -3.74. The number of rotatable bonds is 4. The van der Waals surface area contributed by atoms with Gasteiger partial charge in [-0.05, 0) is 49.2 Å². The molecule has 0 spiro atoms. The van der Waals surface area contributed by atoms with Gasteiger partial charge in [-0.2, -0.15) is 4.31 Å². The Bertz CT molecular complexity index is 1040. The molecule has 1 fully saturated rings. The van der Waals surface area contributed by atoms with E-state index in [0.29, 0.717) is 18.8 Å². The van der Waals surface area contributed by atoms with E-state index >= 15 is 0 Å². The van der Waals surface area contributed by atoms with E-state index in [-0.39, 0.29) is 35.4 Å². The molecule has 0 bridgehead atoms. The number of aryl methyl sites for hydroxylation is 2. The van der Waals surface area contributed by atoms with Gasteiger partial charge in [0.1, 0.15) is 0 Å². The number of carbonyl (C=O) groups excluding carboxylic acids is 2.